The van der Waals surface area contributed by atoms with Gasteiger partial charge in [0.15, 0.2) is 0 Å². The first kappa shape index (κ1) is 15.7. The highest BCUT2D eigenvalue weighted by Crippen LogP contribution is 2.34. The van der Waals surface area contributed by atoms with E-state index in [0.717, 1.165) is 34.6 Å². The fourth-order valence-electron chi connectivity index (χ4n) is 2.72. The van der Waals surface area contributed by atoms with Gasteiger partial charge in [-0.25, -0.2) is 9.97 Å². The number of rotatable bonds is 3. The third-order valence-corrected chi connectivity index (χ3v) is 6.16. The molecule has 7 heteroatoms. The molecule has 3 rings (SSSR count). The van der Waals surface area contributed by atoms with Crippen molar-refractivity contribution in [1.82, 2.24) is 14.9 Å². The second kappa shape index (κ2) is 6.52. The van der Waals surface area contributed by atoms with Crippen molar-refractivity contribution in [1.29, 1.82) is 0 Å². The molecule has 0 aliphatic carbocycles. The fraction of sp³-hybridized carbons (Fsp3) is 0.533. The van der Waals surface area contributed by atoms with Crippen molar-refractivity contribution >= 4 is 39.2 Å². The highest BCUT2D eigenvalue weighted by molar-refractivity contribution is 8.00. The molecule has 0 spiro atoms. The fourth-order valence-corrected chi connectivity index (χ4v) is 4.74. The summed E-state index contributed by atoms with van der Waals surface area (Å²) in [7, 11) is 0. The second-order valence-electron chi connectivity index (χ2n) is 5.67. The van der Waals surface area contributed by atoms with Gasteiger partial charge in [-0.05, 0) is 32.3 Å². The Labute approximate surface area is 138 Å². The number of aromatic nitrogens is 2. The Morgan fingerprint density at radius 3 is 3.09 bits per heavy atom. The van der Waals surface area contributed by atoms with E-state index in [1.165, 1.54) is 22.2 Å². The van der Waals surface area contributed by atoms with Gasteiger partial charge >= 0.3 is 0 Å². The minimum Gasteiger partial charge on any atom is -0.340 e. The lowest BCUT2D eigenvalue weighted by Gasteiger charge is -2.30. The number of carbonyl (C=O) groups excluding carboxylic acids is 1. The molecule has 2 aromatic rings. The Morgan fingerprint density at radius 1 is 1.50 bits per heavy atom. The van der Waals surface area contributed by atoms with E-state index in [-0.39, 0.29) is 11.9 Å². The van der Waals surface area contributed by atoms with Gasteiger partial charge in [0, 0.05) is 29.4 Å². The second-order valence-corrected chi connectivity index (χ2v) is 7.84. The van der Waals surface area contributed by atoms with Crippen LogP contribution >= 0.6 is 23.1 Å². The number of hydrogen-bond donors (Lipinski definition) is 1. The van der Waals surface area contributed by atoms with Gasteiger partial charge in [-0.15, -0.1) is 11.3 Å². The van der Waals surface area contributed by atoms with Crippen LogP contribution in [0.15, 0.2) is 11.4 Å². The molecule has 3 heterocycles. The molecule has 1 aliphatic rings. The molecule has 5 nitrogen and oxygen atoms in total. The molecule has 2 N–H and O–H groups in total. The summed E-state index contributed by atoms with van der Waals surface area (Å²) in [4.78, 5) is 25.2. The van der Waals surface area contributed by atoms with Gasteiger partial charge in [-0.3, -0.25) is 4.79 Å². The average Bonchev–Trinajstić information content (AvgIpc) is 2.80. The van der Waals surface area contributed by atoms with Crippen LogP contribution in [0, 0.1) is 13.8 Å². The van der Waals surface area contributed by atoms with Crippen LogP contribution in [0.2, 0.25) is 0 Å². The van der Waals surface area contributed by atoms with Gasteiger partial charge in [0.2, 0.25) is 5.91 Å². The lowest BCUT2D eigenvalue weighted by atomic mass is 10.1. The summed E-state index contributed by atoms with van der Waals surface area (Å²) in [5.74, 6) is 0.559. The smallest absolute Gasteiger partial charge is 0.233 e. The van der Waals surface area contributed by atoms with Crippen molar-refractivity contribution in [3.63, 3.8) is 0 Å². The third-order valence-electron chi connectivity index (χ3n) is 4.07. The summed E-state index contributed by atoms with van der Waals surface area (Å²) >= 11 is 3.18. The first-order valence-corrected chi connectivity index (χ1v) is 9.23. The van der Waals surface area contributed by atoms with E-state index in [0.29, 0.717) is 12.3 Å². The molecular formula is C15H20N4OS2. The lowest BCUT2D eigenvalue weighted by molar-refractivity contribution is -0.129. The number of piperidine rings is 1. The molecule has 22 heavy (non-hydrogen) atoms. The molecule has 0 radical (unpaired) electrons. The first-order chi connectivity index (χ1) is 10.6. The summed E-state index contributed by atoms with van der Waals surface area (Å²) in [5, 5.41) is 2.00. The Morgan fingerprint density at radius 2 is 2.32 bits per heavy atom. The summed E-state index contributed by atoms with van der Waals surface area (Å²) in [5.41, 5.74) is 7.17. The molecule has 1 saturated heterocycles. The third kappa shape index (κ3) is 3.11. The molecule has 1 aliphatic heterocycles. The van der Waals surface area contributed by atoms with Gasteiger partial charge < -0.3 is 10.6 Å². The highest BCUT2D eigenvalue weighted by atomic mass is 32.2. The number of likely N-dealkylation sites (tertiary alicyclic amines) is 1. The summed E-state index contributed by atoms with van der Waals surface area (Å²) in [6, 6.07) is 0.121. The monoisotopic (exact) mass is 336 g/mol. The Hall–Kier alpha value is -1.18. The van der Waals surface area contributed by atoms with E-state index in [1.54, 1.807) is 17.7 Å². The van der Waals surface area contributed by atoms with Gasteiger partial charge in [0.25, 0.3) is 0 Å². The van der Waals surface area contributed by atoms with E-state index >= 15 is 0 Å². The highest BCUT2D eigenvalue weighted by Gasteiger charge is 2.22. The van der Waals surface area contributed by atoms with Crippen LogP contribution in [0.5, 0.6) is 0 Å². The predicted molar refractivity (Wildman–Crippen MR) is 91.4 cm³/mol. The maximum atomic E-state index is 12.4. The van der Waals surface area contributed by atoms with Crippen LogP contribution < -0.4 is 5.73 Å². The Kier molecular flexibility index (Phi) is 4.65. The van der Waals surface area contributed by atoms with Crippen molar-refractivity contribution in [2.24, 2.45) is 5.73 Å². The molecule has 1 fully saturated rings. The number of aryl methyl sites for hydroxylation is 2. The largest absolute Gasteiger partial charge is 0.340 e. The number of nitrogens with zero attached hydrogens (tertiary/aromatic N) is 3. The SMILES string of the molecule is Cc1sc2ncnc(SCC(=O)N3CCCC(N)C3)c2c1C. The number of hydrogen-bond acceptors (Lipinski definition) is 6. The van der Waals surface area contributed by atoms with Crippen molar-refractivity contribution in [3.05, 3.63) is 16.8 Å². The number of thiophene rings is 1. The quantitative estimate of drug-likeness (QED) is 0.688. The Bertz CT molecular complexity index is 700. The predicted octanol–water partition coefficient (Wildman–Crippen LogP) is 2.35. The summed E-state index contributed by atoms with van der Waals surface area (Å²) < 4.78 is 0. The van der Waals surface area contributed by atoms with Crippen LogP contribution in [0.25, 0.3) is 10.2 Å². The zero-order valence-corrected chi connectivity index (χ0v) is 14.5. The molecule has 1 unspecified atom stereocenters. The number of amides is 1. The van der Waals surface area contributed by atoms with E-state index in [4.69, 9.17) is 5.73 Å². The molecule has 118 valence electrons. The zero-order valence-electron chi connectivity index (χ0n) is 12.8. The maximum absolute atomic E-state index is 12.4. The average molecular weight is 336 g/mol. The number of fused-ring (bicyclic) bond motifs is 1. The molecule has 1 atom stereocenters. The van der Waals surface area contributed by atoms with Crippen LogP contribution in [-0.2, 0) is 4.79 Å². The topological polar surface area (TPSA) is 72.1 Å². The van der Waals surface area contributed by atoms with E-state index in [9.17, 15) is 4.79 Å². The van der Waals surface area contributed by atoms with Gasteiger partial charge in [-0.1, -0.05) is 11.8 Å². The van der Waals surface area contributed by atoms with E-state index in [2.05, 4.69) is 23.8 Å². The van der Waals surface area contributed by atoms with Crippen molar-refractivity contribution < 1.29 is 4.79 Å². The summed E-state index contributed by atoms with van der Waals surface area (Å²) in [6.07, 6.45) is 3.59. The van der Waals surface area contributed by atoms with Gasteiger partial charge in [0.1, 0.15) is 16.2 Å². The number of thioether (sulfide) groups is 1. The normalized spacial score (nSPS) is 18.9. The molecule has 1 amide bonds. The van der Waals surface area contributed by atoms with Crippen molar-refractivity contribution in [2.75, 3.05) is 18.8 Å². The van der Waals surface area contributed by atoms with E-state index < -0.39 is 0 Å². The summed E-state index contributed by atoms with van der Waals surface area (Å²) in [6.45, 7) is 5.68. The van der Waals surface area contributed by atoms with E-state index in [1.807, 2.05) is 4.90 Å². The van der Waals surface area contributed by atoms with Crippen LogP contribution in [-0.4, -0.2) is 45.7 Å². The van der Waals surface area contributed by atoms with Crippen molar-refractivity contribution in [2.45, 2.75) is 37.8 Å². The molecule has 0 bridgehead atoms. The standard InChI is InChI=1S/C15H20N4OS2/c1-9-10(2)22-15-13(9)14(17-8-18-15)21-7-12(20)19-5-3-4-11(16)6-19/h8,11H,3-7,16H2,1-2H3. The minimum absolute atomic E-state index is 0.121. The Balaban J connectivity index is 1.72. The maximum Gasteiger partial charge on any atom is 0.233 e. The van der Waals surface area contributed by atoms with Gasteiger partial charge in [-0.2, -0.15) is 0 Å². The van der Waals surface area contributed by atoms with Crippen LogP contribution in [0.4, 0.5) is 0 Å². The van der Waals surface area contributed by atoms with Crippen LogP contribution in [0.1, 0.15) is 23.3 Å². The molecule has 0 aromatic carbocycles. The van der Waals surface area contributed by atoms with Crippen molar-refractivity contribution in [3.8, 4) is 0 Å². The van der Waals surface area contributed by atoms with Gasteiger partial charge in [0.05, 0.1) is 5.75 Å². The minimum atomic E-state index is 0.121. The van der Waals surface area contributed by atoms with Crippen LogP contribution in [0.3, 0.4) is 0 Å². The molecular weight excluding hydrogens is 316 g/mol. The zero-order chi connectivity index (χ0) is 15.7. The lowest BCUT2D eigenvalue weighted by Crippen LogP contribution is -2.46. The molecule has 2 aromatic heterocycles. The first-order valence-electron chi connectivity index (χ1n) is 7.43. The number of nitrogens with two attached hydrogens (primary N) is 1. The molecule has 0 saturated carbocycles. The number of carbonyl (C=O) groups is 1.